The molecule has 0 saturated carbocycles. The molecule has 1 rings (SSSR count). The Bertz CT molecular complexity index is 379. The number of phenolic OH excluding ortho intramolecular Hbond substituents is 1. The summed E-state index contributed by atoms with van der Waals surface area (Å²) in [5.41, 5.74) is 5.32. The van der Waals surface area contributed by atoms with Gasteiger partial charge in [-0.15, -0.1) is 0 Å². The Labute approximate surface area is 79.8 Å². The first-order chi connectivity index (χ1) is 6.43. The Balaban J connectivity index is 3.22. The lowest BCUT2D eigenvalue weighted by atomic mass is 10.0. The van der Waals surface area contributed by atoms with Gasteiger partial charge in [0.2, 0.25) is 0 Å². The highest BCUT2D eigenvalue weighted by Gasteiger charge is 2.19. The van der Waals surface area contributed by atoms with E-state index in [0.717, 1.165) is 12.1 Å². The van der Waals surface area contributed by atoms with Crippen molar-refractivity contribution in [3.63, 3.8) is 0 Å². The van der Waals surface area contributed by atoms with E-state index in [0.29, 0.717) is 5.56 Å². The van der Waals surface area contributed by atoms with Gasteiger partial charge in [-0.2, -0.15) is 0 Å². The van der Waals surface area contributed by atoms with Gasteiger partial charge < -0.3 is 15.9 Å². The van der Waals surface area contributed by atoms with Crippen LogP contribution in [0.4, 0.5) is 4.39 Å². The van der Waals surface area contributed by atoms with Gasteiger partial charge in [0.1, 0.15) is 17.6 Å². The zero-order valence-corrected chi connectivity index (χ0v) is 7.49. The topological polar surface area (TPSA) is 83.6 Å². The van der Waals surface area contributed by atoms with Crippen molar-refractivity contribution in [2.45, 2.75) is 13.0 Å². The first kappa shape index (κ1) is 10.5. The number of carboxylic acids is 1. The van der Waals surface area contributed by atoms with Crippen molar-refractivity contribution in [1.29, 1.82) is 0 Å². The fourth-order valence-electron chi connectivity index (χ4n) is 1.05. The molecule has 1 unspecified atom stereocenters. The Hall–Kier alpha value is -1.62. The summed E-state index contributed by atoms with van der Waals surface area (Å²) in [6.07, 6.45) is 0. The van der Waals surface area contributed by atoms with Gasteiger partial charge in [0.05, 0.1) is 0 Å². The second-order valence-electron chi connectivity index (χ2n) is 2.98. The summed E-state index contributed by atoms with van der Waals surface area (Å²) in [6.45, 7) is 1.51. The standard InChI is InChI=1S/C9H10FNO3/c1-4-2-6(10)5(3-7(4)12)8(11)9(13)14/h2-3,8,12H,11H2,1H3,(H,13,14). The average molecular weight is 199 g/mol. The summed E-state index contributed by atoms with van der Waals surface area (Å²) in [5, 5.41) is 17.8. The fraction of sp³-hybridized carbons (Fsp3) is 0.222. The normalized spacial score (nSPS) is 12.5. The molecule has 0 aliphatic rings. The van der Waals surface area contributed by atoms with Gasteiger partial charge in [0, 0.05) is 5.56 Å². The number of aryl methyl sites for hydroxylation is 1. The molecular formula is C9H10FNO3. The lowest BCUT2D eigenvalue weighted by Crippen LogP contribution is -2.21. The van der Waals surface area contributed by atoms with Crippen LogP contribution in [0.1, 0.15) is 17.2 Å². The zero-order chi connectivity index (χ0) is 10.9. The van der Waals surface area contributed by atoms with Crippen molar-refractivity contribution < 1.29 is 19.4 Å². The van der Waals surface area contributed by atoms with Crippen molar-refractivity contribution in [3.8, 4) is 5.75 Å². The van der Waals surface area contributed by atoms with E-state index in [2.05, 4.69) is 0 Å². The van der Waals surface area contributed by atoms with Crippen LogP contribution in [0.3, 0.4) is 0 Å². The minimum Gasteiger partial charge on any atom is -0.508 e. The van der Waals surface area contributed by atoms with Crippen LogP contribution in [0.15, 0.2) is 12.1 Å². The van der Waals surface area contributed by atoms with E-state index in [1.165, 1.54) is 6.92 Å². The highest BCUT2D eigenvalue weighted by molar-refractivity contribution is 5.75. The molecule has 1 aromatic rings. The first-order valence-corrected chi connectivity index (χ1v) is 3.91. The number of rotatable bonds is 2. The van der Waals surface area contributed by atoms with Crippen LogP contribution in [0.2, 0.25) is 0 Å². The monoisotopic (exact) mass is 199 g/mol. The first-order valence-electron chi connectivity index (χ1n) is 3.91. The van der Waals surface area contributed by atoms with Crippen molar-refractivity contribution in [3.05, 3.63) is 29.1 Å². The van der Waals surface area contributed by atoms with Crippen LogP contribution in [-0.4, -0.2) is 16.2 Å². The third-order valence-electron chi connectivity index (χ3n) is 1.92. The molecule has 76 valence electrons. The number of hydrogen-bond acceptors (Lipinski definition) is 3. The zero-order valence-electron chi connectivity index (χ0n) is 7.49. The molecule has 4 nitrogen and oxygen atoms in total. The van der Waals surface area contributed by atoms with Gasteiger partial charge >= 0.3 is 5.97 Å². The second kappa shape index (κ2) is 3.63. The molecule has 1 atom stereocenters. The molecule has 0 amide bonds. The number of carboxylic acid groups (broad SMARTS) is 1. The number of aliphatic carboxylic acids is 1. The number of benzene rings is 1. The molecule has 4 N–H and O–H groups in total. The Morgan fingerprint density at radius 3 is 2.64 bits per heavy atom. The number of halogens is 1. The van der Waals surface area contributed by atoms with Crippen molar-refractivity contribution in [2.24, 2.45) is 5.73 Å². The molecule has 1 aromatic carbocycles. The van der Waals surface area contributed by atoms with E-state index >= 15 is 0 Å². The van der Waals surface area contributed by atoms with Crippen LogP contribution in [-0.2, 0) is 4.79 Å². The predicted molar refractivity (Wildman–Crippen MR) is 47.4 cm³/mol. The van der Waals surface area contributed by atoms with E-state index in [1.807, 2.05) is 0 Å². The third-order valence-corrected chi connectivity index (χ3v) is 1.92. The fourth-order valence-corrected chi connectivity index (χ4v) is 1.05. The molecule has 0 heterocycles. The quantitative estimate of drug-likeness (QED) is 0.661. The third kappa shape index (κ3) is 1.82. The Morgan fingerprint density at radius 2 is 2.14 bits per heavy atom. The van der Waals surface area contributed by atoms with E-state index in [1.54, 1.807) is 0 Å². The maximum Gasteiger partial charge on any atom is 0.325 e. The molecule has 0 spiro atoms. The SMILES string of the molecule is Cc1cc(F)c(C(N)C(=O)O)cc1O. The minimum atomic E-state index is -1.46. The summed E-state index contributed by atoms with van der Waals surface area (Å²) < 4.78 is 13.2. The van der Waals surface area contributed by atoms with Crippen molar-refractivity contribution in [1.82, 2.24) is 0 Å². The summed E-state index contributed by atoms with van der Waals surface area (Å²) in [7, 11) is 0. The lowest BCUT2D eigenvalue weighted by molar-refractivity contribution is -0.138. The van der Waals surface area contributed by atoms with Crippen molar-refractivity contribution in [2.75, 3.05) is 0 Å². The Morgan fingerprint density at radius 1 is 1.57 bits per heavy atom. The molecule has 5 heteroatoms. The molecule has 14 heavy (non-hydrogen) atoms. The summed E-state index contributed by atoms with van der Waals surface area (Å²) in [6, 6.07) is 0.623. The summed E-state index contributed by atoms with van der Waals surface area (Å²) >= 11 is 0. The number of carbonyl (C=O) groups is 1. The van der Waals surface area contributed by atoms with Crippen LogP contribution in [0, 0.1) is 12.7 Å². The van der Waals surface area contributed by atoms with Gasteiger partial charge in [-0.25, -0.2) is 4.39 Å². The van der Waals surface area contributed by atoms with Crippen molar-refractivity contribution >= 4 is 5.97 Å². The van der Waals surface area contributed by atoms with Gasteiger partial charge in [0.25, 0.3) is 0 Å². The predicted octanol–water partition coefficient (Wildman–Crippen LogP) is 0.924. The Kier molecular flexibility index (Phi) is 2.71. The summed E-state index contributed by atoms with van der Waals surface area (Å²) in [4.78, 5) is 10.5. The molecule has 0 saturated heterocycles. The highest BCUT2D eigenvalue weighted by atomic mass is 19.1. The van der Waals surface area contributed by atoms with E-state index in [-0.39, 0.29) is 11.3 Å². The molecular weight excluding hydrogens is 189 g/mol. The van der Waals surface area contributed by atoms with E-state index in [4.69, 9.17) is 10.8 Å². The molecule has 0 aliphatic carbocycles. The van der Waals surface area contributed by atoms with E-state index < -0.39 is 17.8 Å². The van der Waals surface area contributed by atoms with Gasteiger partial charge in [-0.05, 0) is 24.6 Å². The van der Waals surface area contributed by atoms with Crippen LogP contribution in [0.5, 0.6) is 5.75 Å². The average Bonchev–Trinajstić information content (AvgIpc) is 2.10. The highest BCUT2D eigenvalue weighted by Crippen LogP contribution is 2.24. The lowest BCUT2D eigenvalue weighted by Gasteiger charge is -2.09. The van der Waals surface area contributed by atoms with Crippen LogP contribution in [0.25, 0.3) is 0 Å². The van der Waals surface area contributed by atoms with Gasteiger partial charge in [0.15, 0.2) is 0 Å². The molecule has 0 aliphatic heterocycles. The van der Waals surface area contributed by atoms with Crippen LogP contribution < -0.4 is 5.73 Å². The second-order valence-corrected chi connectivity index (χ2v) is 2.98. The van der Waals surface area contributed by atoms with E-state index in [9.17, 15) is 14.3 Å². The van der Waals surface area contributed by atoms with Crippen LogP contribution >= 0.6 is 0 Å². The number of aromatic hydroxyl groups is 1. The minimum absolute atomic E-state index is 0.168. The maximum atomic E-state index is 13.2. The summed E-state index contributed by atoms with van der Waals surface area (Å²) in [5.74, 6) is -2.24. The molecule has 0 radical (unpaired) electrons. The smallest absolute Gasteiger partial charge is 0.325 e. The molecule has 0 fully saturated rings. The number of phenols is 1. The molecule has 0 bridgehead atoms. The van der Waals surface area contributed by atoms with Gasteiger partial charge in [-0.3, -0.25) is 4.79 Å². The number of hydrogen-bond donors (Lipinski definition) is 3. The molecule has 0 aromatic heterocycles. The maximum absolute atomic E-state index is 13.2. The largest absolute Gasteiger partial charge is 0.508 e. The number of nitrogens with two attached hydrogens (primary N) is 1. The van der Waals surface area contributed by atoms with Gasteiger partial charge in [-0.1, -0.05) is 0 Å².